The molecule has 1 amide bonds. The largest absolute Gasteiger partial charge is 0.444 e. The standard InChI is InChI=1S/C17H21BrN4O3/c1-17(2,3)25-16(24)22-8-6-21(7-9-22)11-4-5-12-13(10-11)14(18)19-20-15(12)23/h4-5,10H,6-9H2,1-3H3,(H,20,23). The minimum absolute atomic E-state index is 0.209. The first kappa shape index (κ1) is 17.7. The molecule has 0 aliphatic carbocycles. The van der Waals surface area contributed by atoms with E-state index in [9.17, 15) is 9.59 Å². The van der Waals surface area contributed by atoms with E-state index in [1.807, 2.05) is 32.9 Å². The monoisotopic (exact) mass is 408 g/mol. The topological polar surface area (TPSA) is 78.5 Å². The summed E-state index contributed by atoms with van der Waals surface area (Å²) in [6, 6.07) is 5.67. The molecule has 1 aliphatic rings. The molecule has 1 aromatic carbocycles. The van der Waals surface area contributed by atoms with Crippen LogP contribution in [0.15, 0.2) is 27.6 Å². The summed E-state index contributed by atoms with van der Waals surface area (Å²) in [5.41, 5.74) is 0.308. The number of amides is 1. The summed E-state index contributed by atoms with van der Waals surface area (Å²) in [7, 11) is 0. The van der Waals surface area contributed by atoms with Gasteiger partial charge in [0.2, 0.25) is 0 Å². The van der Waals surface area contributed by atoms with Crippen molar-refractivity contribution in [2.75, 3.05) is 31.1 Å². The van der Waals surface area contributed by atoms with Crippen molar-refractivity contribution in [2.45, 2.75) is 26.4 Å². The van der Waals surface area contributed by atoms with Crippen molar-refractivity contribution < 1.29 is 9.53 Å². The Kier molecular flexibility index (Phi) is 4.73. The van der Waals surface area contributed by atoms with E-state index < -0.39 is 5.60 Å². The molecule has 0 spiro atoms. The van der Waals surface area contributed by atoms with Gasteiger partial charge < -0.3 is 14.5 Å². The number of carbonyl (C=O) groups excluding carboxylic acids is 1. The maximum Gasteiger partial charge on any atom is 0.410 e. The average molecular weight is 409 g/mol. The quantitative estimate of drug-likeness (QED) is 0.784. The number of piperazine rings is 1. The highest BCUT2D eigenvalue weighted by atomic mass is 79.9. The summed E-state index contributed by atoms with van der Waals surface area (Å²) in [4.78, 5) is 27.9. The highest BCUT2D eigenvalue weighted by molar-refractivity contribution is 9.10. The number of aromatic amines is 1. The Morgan fingerprint density at radius 3 is 2.52 bits per heavy atom. The van der Waals surface area contributed by atoms with Gasteiger partial charge in [-0.15, -0.1) is 0 Å². The number of H-pyrrole nitrogens is 1. The van der Waals surface area contributed by atoms with E-state index in [0.717, 1.165) is 11.1 Å². The number of rotatable bonds is 1. The number of ether oxygens (including phenoxy) is 1. The molecule has 1 N–H and O–H groups in total. The zero-order chi connectivity index (χ0) is 18.2. The van der Waals surface area contributed by atoms with Crippen LogP contribution < -0.4 is 10.5 Å². The lowest BCUT2D eigenvalue weighted by Gasteiger charge is -2.36. The summed E-state index contributed by atoms with van der Waals surface area (Å²) in [6.45, 7) is 8.21. The Labute approximate surface area is 154 Å². The zero-order valence-electron chi connectivity index (χ0n) is 14.5. The van der Waals surface area contributed by atoms with E-state index in [0.29, 0.717) is 36.2 Å². The molecule has 8 heteroatoms. The Morgan fingerprint density at radius 2 is 1.88 bits per heavy atom. The van der Waals surface area contributed by atoms with Gasteiger partial charge in [0, 0.05) is 37.3 Å². The highest BCUT2D eigenvalue weighted by Gasteiger charge is 2.26. The van der Waals surface area contributed by atoms with Crippen LogP contribution in [0.3, 0.4) is 0 Å². The molecule has 1 fully saturated rings. The van der Waals surface area contributed by atoms with Gasteiger partial charge in [-0.3, -0.25) is 4.79 Å². The minimum atomic E-state index is -0.487. The molecule has 1 saturated heterocycles. The second-order valence-corrected chi connectivity index (χ2v) is 7.78. The fraction of sp³-hybridized carbons (Fsp3) is 0.471. The summed E-state index contributed by atoms with van der Waals surface area (Å²) in [5, 5.41) is 7.78. The number of halogens is 1. The first-order chi connectivity index (χ1) is 11.7. The smallest absolute Gasteiger partial charge is 0.410 e. The van der Waals surface area contributed by atoms with E-state index in [2.05, 4.69) is 31.0 Å². The number of hydrogen-bond donors (Lipinski definition) is 1. The molecule has 0 saturated carbocycles. The van der Waals surface area contributed by atoms with Crippen LogP contribution in [0.4, 0.5) is 10.5 Å². The maximum atomic E-state index is 12.1. The Balaban J connectivity index is 1.73. The van der Waals surface area contributed by atoms with Crippen LogP contribution in [-0.4, -0.2) is 53.0 Å². The lowest BCUT2D eigenvalue weighted by atomic mass is 10.1. The third-order valence-corrected chi connectivity index (χ3v) is 4.63. The number of aromatic nitrogens is 2. The summed E-state index contributed by atoms with van der Waals surface area (Å²) in [5.74, 6) is 0. The van der Waals surface area contributed by atoms with E-state index in [4.69, 9.17) is 4.74 Å². The second kappa shape index (κ2) is 6.67. The average Bonchev–Trinajstić information content (AvgIpc) is 2.57. The molecule has 0 atom stereocenters. The van der Waals surface area contributed by atoms with E-state index in [-0.39, 0.29) is 11.7 Å². The molecule has 134 valence electrons. The van der Waals surface area contributed by atoms with Crippen molar-refractivity contribution >= 4 is 38.5 Å². The van der Waals surface area contributed by atoms with Gasteiger partial charge in [-0.2, -0.15) is 5.10 Å². The van der Waals surface area contributed by atoms with Gasteiger partial charge >= 0.3 is 6.09 Å². The highest BCUT2D eigenvalue weighted by Crippen LogP contribution is 2.25. The lowest BCUT2D eigenvalue weighted by molar-refractivity contribution is 0.0240. The SMILES string of the molecule is CC(C)(C)OC(=O)N1CCN(c2ccc3c(=O)[nH]nc(Br)c3c2)CC1. The normalized spacial score (nSPS) is 15.5. The van der Waals surface area contributed by atoms with Crippen LogP contribution in [0.5, 0.6) is 0 Å². The first-order valence-electron chi connectivity index (χ1n) is 8.15. The first-order valence-corrected chi connectivity index (χ1v) is 8.95. The predicted octanol–water partition coefficient (Wildman–Crippen LogP) is 2.74. The number of benzene rings is 1. The minimum Gasteiger partial charge on any atom is -0.444 e. The van der Waals surface area contributed by atoms with Gasteiger partial charge in [0.1, 0.15) is 10.2 Å². The van der Waals surface area contributed by atoms with Crippen molar-refractivity contribution in [3.63, 3.8) is 0 Å². The third kappa shape index (κ3) is 3.95. The number of carbonyl (C=O) groups is 1. The summed E-state index contributed by atoms with van der Waals surface area (Å²) >= 11 is 3.38. The number of nitrogens with zero attached hydrogens (tertiary/aromatic N) is 3. The molecular formula is C17H21BrN4O3. The van der Waals surface area contributed by atoms with E-state index >= 15 is 0 Å². The second-order valence-electron chi connectivity index (χ2n) is 7.03. The number of anilines is 1. The van der Waals surface area contributed by atoms with Gasteiger partial charge in [0.25, 0.3) is 5.56 Å². The van der Waals surface area contributed by atoms with Gasteiger partial charge in [-0.05, 0) is 54.9 Å². The molecule has 2 aromatic rings. The number of hydrogen-bond acceptors (Lipinski definition) is 5. The molecule has 1 aliphatic heterocycles. The van der Waals surface area contributed by atoms with Crippen molar-refractivity contribution in [2.24, 2.45) is 0 Å². The molecule has 0 bridgehead atoms. The van der Waals surface area contributed by atoms with Crippen molar-refractivity contribution in [1.82, 2.24) is 15.1 Å². The van der Waals surface area contributed by atoms with Crippen LogP contribution in [0.1, 0.15) is 20.8 Å². The van der Waals surface area contributed by atoms with E-state index in [1.54, 1.807) is 11.0 Å². The van der Waals surface area contributed by atoms with Crippen LogP contribution >= 0.6 is 15.9 Å². The van der Waals surface area contributed by atoms with Gasteiger partial charge in [0.15, 0.2) is 0 Å². The predicted molar refractivity (Wildman–Crippen MR) is 100 cm³/mol. The zero-order valence-corrected chi connectivity index (χ0v) is 16.1. The molecule has 2 heterocycles. The van der Waals surface area contributed by atoms with Crippen LogP contribution in [0.2, 0.25) is 0 Å². The number of fused-ring (bicyclic) bond motifs is 1. The third-order valence-electron chi connectivity index (χ3n) is 4.02. The summed E-state index contributed by atoms with van der Waals surface area (Å²) < 4.78 is 6.03. The Hall–Kier alpha value is -2.09. The van der Waals surface area contributed by atoms with Gasteiger partial charge in [0.05, 0.1) is 5.39 Å². The van der Waals surface area contributed by atoms with Crippen molar-refractivity contribution in [1.29, 1.82) is 0 Å². The van der Waals surface area contributed by atoms with Crippen molar-refractivity contribution in [3.05, 3.63) is 33.2 Å². The van der Waals surface area contributed by atoms with Gasteiger partial charge in [-0.25, -0.2) is 9.89 Å². The molecular weight excluding hydrogens is 388 g/mol. The molecule has 0 unspecified atom stereocenters. The molecule has 7 nitrogen and oxygen atoms in total. The molecule has 25 heavy (non-hydrogen) atoms. The van der Waals surface area contributed by atoms with Crippen LogP contribution in [0, 0.1) is 0 Å². The fourth-order valence-electron chi connectivity index (χ4n) is 2.79. The number of nitrogens with one attached hydrogen (secondary N) is 1. The maximum absolute atomic E-state index is 12.1. The Bertz CT molecular complexity index is 851. The van der Waals surface area contributed by atoms with Crippen LogP contribution in [-0.2, 0) is 4.74 Å². The molecule has 3 rings (SSSR count). The lowest BCUT2D eigenvalue weighted by Crippen LogP contribution is -2.50. The Morgan fingerprint density at radius 1 is 1.20 bits per heavy atom. The van der Waals surface area contributed by atoms with Gasteiger partial charge in [-0.1, -0.05) is 0 Å². The fourth-order valence-corrected chi connectivity index (χ4v) is 3.21. The van der Waals surface area contributed by atoms with E-state index in [1.165, 1.54) is 0 Å². The summed E-state index contributed by atoms with van der Waals surface area (Å²) in [6.07, 6.45) is -0.274. The molecule has 0 radical (unpaired) electrons. The van der Waals surface area contributed by atoms with Crippen LogP contribution in [0.25, 0.3) is 10.8 Å². The van der Waals surface area contributed by atoms with Crippen molar-refractivity contribution in [3.8, 4) is 0 Å². The molecule has 1 aromatic heterocycles.